The molecular formula is C23H28N2O4. The van der Waals surface area contributed by atoms with Gasteiger partial charge in [0.05, 0.1) is 6.10 Å². The minimum atomic E-state index is -0.622. The van der Waals surface area contributed by atoms with Gasteiger partial charge in [-0.15, -0.1) is 0 Å². The van der Waals surface area contributed by atoms with Gasteiger partial charge in [0, 0.05) is 19.7 Å². The fraction of sp³-hybridized carbons (Fsp3) is 0.391. The predicted molar refractivity (Wildman–Crippen MR) is 110 cm³/mol. The van der Waals surface area contributed by atoms with E-state index >= 15 is 0 Å². The highest BCUT2D eigenvalue weighted by Gasteiger charge is 2.27. The Kier molecular flexibility index (Phi) is 7.64. The fourth-order valence-electron chi connectivity index (χ4n) is 3.27. The summed E-state index contributed by atoms with van der Waals surface area (Å²) in [6.45, 7) is 3.17. The first-order valence-electron chi connectivity index (χ1n) is 10.0. The van der Waals surface area contributed by atoms with Crippen LogP contribution < -0.4 is 10.1 Å². The molecule has 154 valence electrons. The minimum absolute atomic E-state index is 0.0610. The maximum atomic E-state index is 12.9. The number of hydrogen-bond acceptors (Lipinski definition) is 4. The molecule has 1 saturated heterocycles. The maximum absolute atomic E-state index is 12.9. The van der Waals surface area contributed by atoms with Crippen molar-refractivity contribution in [1.82, 2.24) is 10.2 Å². The Hall–Kier alpha value is -2.86. The van der Waals surface area contributed by atoms with Crippen LogP contribution in [0.1, 0.15) is 25.3 Å². The van der Waals surface area contributed by atoms with Gasteiger partial charge in [0.25, 0.3) is 5.91 Å². The van der Waals surface area contributed by atoms with Crippen molar-refractivity contribution >= 4 is 11.8 Å². The number of nitrogens with one attached hydrogen (secondary N) is 1. The first kappa shape index (κ1) is 20.9. The number of carbonyl (C=O) groups excluding carboxylic acids is 2. The Morgan fingerprint density at radius 2 is 1.83 bits per heavy atom. The SMILES string of the molecule is C[C@@H](C(=O)NC[C@H]1CCCO1)N(Cc1ccccc1)C(=O)COc1ccccc1. The number of carbonyl (C=O) groups is 2. The average molecular weight is 396 g/mol. The number of hydrogen-bond donors (Lipinski definition) is 1. The lowest BCUT2D eigenvalue weighted by Gasteiger charge is -2.29. The lowest BCUT2D eigenvalue weighted by atomic mass is 10.1. The van der Waals surface area contributed by atoms with E-state index in [9.17, 15) is 9.59 Å². The van der Waals surface area contributed by atoms with Crippen molar-refractivity contribution in [3.8, 4) is 5.75 Å². The van der Waals surface area contributed by atoms with Crippen LogP contribution in [0.5, 0.6) is 5.75 Å². The molecule has 1 N–H and O–H groups in total. The first-order valence-corrected chi connectivity index (χ1v) is 10.0. The van der Waals surface area contributed by atoms with Gasteiger partial charge in [-0.1, -0.05) is 48.5 Å². The molecule has 2 aromatic carbocycles. The zero-order valence-corrected chi connectivity index (χ0v) is 16.8. The molecule has 0 unspecified atom stereocenters. The van der Waals surface area contributed by atoms with Gasteiger partial charge in [-0.2, -0.15) is 0 Å². The highest BCUT2D eigenvalue weighted by atomic mass is 16.5. The van der Waals surface area contributed by atoms with E-state index in [4.69, 9.17) is 9.47 Å². The molecule has 0 aromatic heterocycles. The molecular weight excluding hydrogens is 368 g/mol. The number of ether oxygens (including phenoxy) is 2. The van der Waals surface area contributed by atoms with Crippen LogP contribution in [0.25, 0.3) is 0 Å². The Balaban J connectivity index is 1.63. The predicted octanol–water partition coefficient (Wildman–Crippen LogP) is 2.78. The summed E-state index contributed by atoms with van der Waals surface area (Å²) in [5.74, 6) is 0.193. The van der Waals surface area contributed by atoms with E-state index in [-0.39, 0.29) is 24.5 Å². The third kappa shape index (κ3) is 6.32. The average Bonchev–Trinajstić information content (AvgIpc) is 3.29. The fourth-order valence-corrected chi connectivity index (χ4v) is 3.27. The van der Waals surface area contributed by atoms with Gasteiger partial charge in [0.15, 0.2) is 6.61 Å². The summed E-state index contributed by atoms with van der Waals surface area (Å²) in [5.41, 5.74) is 0.958. The molecule has 2 aromatic rings. The molecule has 2 atom stereocenters. The molecule has 2 amide bonds. The molecule has 0 saturated carbocycles. The molecule has 6 heteroatoms. The van der Waals surface area contributed by atoms with Crippen LogP contribution in [0.3, 0.4) is 0 Å². The Morgan fingerprint density at radius 3 is 2.48 bits per heavy atom. The number of para-hydroxylation sites is 1. The lowest BCUT2D eigenvalue weighted by Crippen LogP contribution is -2.50. The molecule has 0 spiro atoms. The Bertz CT molecular complexity index is 776. The molecule has 1 aliphatic rings. The van der Waals surface area contributed by atoms with Crippen LogP contribution >= 0.6 is 0 Å². The molecule has 3 rings (SSSR count). The molecule has 0 aliphatic carbocycles. The summed E-state index contributed by atoms with van der Waals surface area (Å²) in [6, 6.07) is 18.2. The second kappa shape index (κ2) is 10.6. The van der Waals surface area contributed by atoms with Gasteiger partial charge in [-0.3, -0.25) is 9.59 Å². The number of rotatable bonds is 9. The highest BCUT2D eigenvalue weighted by molar-refractivity contribution is 5.88. The quantitative estimate of drug-likeness (QED) is 0.708. The van der Waals surface area contributed by atoms with Crippen molar-refractivity contribution in [2.24, 2.45) is 0 Å². The zero-order valence-electron chi connectivity index (χ0n) is 16.8. The van der Waals surface area contributed by atoms with Gasteiger partial charge in [-0.05, 0) is 37.5 Å². The van der Waals surface area contributed by atoms with Crippen molar-refractivity contribution < 1.29 is 19.1 Å². The van der Waals surface area contributed by atoms with Crippen LogP contribution in [-0.4, -0.2) is 48.6 Å². The van der Waals surface area contributed by atoms with Gasteiger partial charge in [0.2, 0.25) is 5.91 Å². The second-order valence-corrected chi connectivity index (χ2v) is 7.17. The van der Waals surface area contributed by atoms with Crippen LogP contribution in [0.2, 0.25) is 0 Å². The van der Waals surface area contributed by atoms with E-state index in [1.165, 1.54) is 0 Å². The molecule has 1 fully saturated rings. The van der Waals surface area contributed by atoms with Crippen molar-refractivity contribution in [2.75, 3.05) is 19.8 Å². The van der Waals surface area contributed by atoms with E-state index in [0.717, 1.165) is 25.0 Å². The smallest absolute Gasteiger partial charge is 0.261 e. The van der Waals surface area contributed by atoms with E-state index in [2.05, 4.69) is 5.32 Å². The third-order valence-corrected chi connectivity index (χ3v) is 5.00. The Labute approximate surface area is 171 Å². The normalized spacial score (nSPS) is 16.8. The van der Waals surface area contributed by atoms with E-state index < -0.39 is 6.04 Å². The number of benzene rings is 2. The minimum Gasteiger partial charge on any atom is -0.484 e. The van der Waals surface area contributed by atoms with Gasteiger partial charge in [-0.25, -0.2) is 0 Å². The summed E-state index contributed by atoms with van der Waals surface area (Å²) in [5, 5.41) is 2.92. The number of amides is 2. The van der Waals surface area contributed by atoms with E-state index in [1.54, 1.807) is 24.0 Å². The summed E-state index contributed by atoms with van der Waals surface area (Å²) >= 11 is 0. The maximum Gasteiger partial charge on any atom is 0.261 e. The van der Waals surface area contributed by atoms with Gasteiger partial charge >= 0.3 is 0 Å². The summed E-state index contributed by atoms with van der Waals surface area (Å²) in [6.07, 6.45) is 2.03. The topological polar surface area (TPSA) is 67.9 Å². The molecule has 1 heterocycles. The van der Waals surface area contributed by atoms with Gasteiger partial charge in [0.1, 0.15) is 11.8 Å². The highest BCUT2D eigenvalue weighted by Crippen LogP contribution is 2.13. The van der Waals surface area contributed by atoms with Crippen LogP contribution in [0.15, 0.2) is 60.7 Å². The van der Waals surface area contributed by atoms with Crippen LogP contribution in [0, 0.1) is 0 Å². The lowest BCUT2D eigenvalue weighted by molar-refractivity contribution is -0.142. The number of nitrogens with zero attached hydrogens (tertiary/aromatic N) is 1. The Morgan fingerprint density at radius 1 is 1.14 bits per heavy atom. The summed E-state index contributed by atoms with van der Waals surface area (Å²) < 4.78 is 11.2. The molecule has 0 bridgehead atoms. The zero-order chi connectivity index (χ0) is 20.5. The monoisotopic (exact) mass is 396 g/mol. The molecule has 1 aliphatic heterocycles. The van der Waals surface area contributed by atoms with E-state index in [1.807, 2.05) is 48.5 Å². The third-order valence-electron chi connectivity index (χ3n) is 5.00. The second-order valence-electron chi connectivity index (χ2n) is 7.17. The molecule has 29 heavy (non-hydrogen) atoms. The van der Waals surface area contributed by atoms with Crippen LogP contribution in [-0.2, 0) is 20.9 Å². The van der Waals surface area contributed by atoms with E-state index in [0.29, 0.717) is 18.8 Å². The van der Waals surface area contributed by atoms with Gasteiger partial charge < -0.3 is 19.7 Å². The summed E-state index contributed by atoms with van der Waals surface area (Å²) in [7, 11) is 0. The van der Waals surface area contributed by atoms with Crippen molar-refractivity contribution in [1.29, 1.82) is 0 Å². The van der Waals surface area contributed by atoms with Crippen molar-refractivity contribution in [3.63, 3.8) is 0 Å². The molecule has 6 nitrogen and oxygen atoms in total. The summed E-state index contributed by atoms with van der Waals surface area (Å²) in [4.78, 5) is 27.2. The van der Waals surface area contributed by atoms with Crippen LogP contribution in [0.4, 0.5) is 0 Å². The first-order chi connectivity index (χ1) is 14.1. The van der Waals surface area contributed by atoms with Crippen molar-refractivity contribution in [3.05, 3.63) is 66.2 Å². The largest absolute Gasteiger partial charge is 0.484 e. The van der Waals surface area contributed by atoms with Crippen molar-refractivity contribution in [2.45, 2.75) is 38.5 Å². The standard InChI is InChI=1S/C23H28N2O4/c1-18(23(27)24-15-21-13-8-14-28-21)25(16-19-9-4-2-5-10-19)22(26)17-29-20-11-6-3-7-12-20/h2-7,9-12,18,21H,8,13-17H2,1H3,(H,24,27)/t18-,21+/m0/s1. The molecule has 0 radical (unpaired) electrons.